The summed E-state index contributed by atoms with van der Waals surface area (Å²) in [5.41, 5.74) is 4.58. The number of benzene rings is 3. The SMILES string of the molecule is CCn1cc(-c2ccc(Cl)cc2Cl)nc1C=Cc1cccc(-c2ccc(OC)c(O)c2)c1. The van der Waals surface area contributed by atoms with E-state index in [4.69, 9.17) is 32.9 Å². The Balaban J connectivity index is 1.63. The van der Waals surface area contributed by atoms with Crippen molar-refractivity contribution in [1.29, 1.82) is 0 Å². The summed E-state index contributed by atoms with van der Waals surface area (Å²) in [7, 11) is 1.53. The highest BCUT2D eigenvalue weighted by Crippen LogP contribution is 2.32. The standard InChI is InChI=1S/C26H22Cl2N2O2/c1-3-30-16-23(21-10-9-20(27)15-22(21)28)29-26(30)12-7-17-5-4-6-18(13-17)19-8-11-25(32-2)24(31)14-19/h4-16,31H,3H2,1-2H3. The quantitative estimate of drug-likeness (QED) is 0.322. The average Bonchev–Trinajstić information content (AvgIpc) is 3.20. The van der Waals surface area contributed by atoms with Crippen molar-refractivity contribution in [2.24, 2.45) is 0 Å². The third kappa shape index (κ3) is 4.67. The van der Waals surface area contributed by atoms with E-state index >= 15 is 0 Å². The normalized spacial score (nSPS) is 11.2. The number of aromatic nitrogens is 2. The number of halogens is 2. The molecule has 32 heavy (non-hydrogen) atoms. The number of hydrogen-bond donors (Lipinski definition) is 1. The van der Waals surface area contributed by atoms with Crippen molar-refractivity contribution in [2.45, 2.75) is 13.5 Å². The Morgan fingerprint density at radius 1 is 1.00 bits per heavy atom. The predicted molar refractivity (Wildman–Crippen MR) is 132 cm³/mol. The summed E-state index contributed by atoms with van der Waals surface area (Å²) in [6.07, 6.45) is 6.00. The summed E-state index contributed by atoms with van der Waals surface area (Å²) in [5, 5.41) is 11.3. The first-order chi connectivity index (χ1) is 15.5. The van der Waals surface area contributed by atoms with Crippen LogP contribution >= 0.6 is 23.2 Å². The van der Waals surface area contributed by atoms with Gasteiger partial charge in [0.05, 0.1) is 17.8 Å². The second-order valence-corrected chi connectivity index (χ2v) is 8.08. The lowest BCUT2D eigenvalue weighted by atomic mass is 10.0. The first kappa shape index (κ1) is 22.0. The summed E-state index contributed by atoms with van der Waals surface area (Å²) in [4.78, 5) is 4.77. The lowest BCUT2D eigenvalue weighted by molar-refractivity contribution is 0.373. The van der Waals surface area contributed by atoms with Gasteiger partial charge in [0.25, 0.3) is 0 Å². The molecule has 4 rings (SSSR count). The van der Waals surface area contributed by atoms with Gasteiger partial charge in [-0.1, -0.05) is 53.5 Å². The zero-order valence-corrected chi connectivity index (χ0v) is 19.2. The van der Waals surface area contributed by atoms with Gasteiger partial charge in [-0.2, -0.15) is 0 Å². The van der Waals surface area contributed by atoms with Gasteiger partial charge < -0.3 is 14.4 Å². The summed E-state index contributed by atoms with van der Waals surface area (Å²) >= 11 is 12.4. The van der Waals surface area contributed by atoms with Crippen molar-refractivity contribution in [3.63, 3.8) is 0 Å². The van der Waals surface area contributed by atoms with Crippen LogP contribution in [0.25, 0.3) is 34.5 Å². The molecule has 3 aromatic carbocycles. The average molecular weight is 465 g/mol. The van der Waals surface area contributed by atoms with Crippen molar-refractivity contribution >= 4 is 35.4 Å². The molecule has 0 aliphatic rings. The van der Waals surface area contributed by atoms with Gasteiger partial charge in [0.2, 0.25) is 0 Å². The number of aryl methyl sites for hydroxylation is 1. The van der Waals surface area contributed by atoms with E-state index in [9.17, 15) is 5.11 Å². The molecular formula is C26H22Cl2N2O2. The maximum Gasteiger partial charge on any atom is 0.160 e. The fraction of sp³-hybridized carbons (Fsp3) is 0.115. The second kappa shape index (κ2) is 9.51. The summed E-state index contributed by atoms with van der Waals surface area (Å²) in [5.74, 6) is 1.40. The predicted octanol–water partition coefficient (Wildman–Crippen LogP) is 7.43. The van der Waals surface area contributed by atoms with E-state index in [-0.39, 0.29) is 5.75 Å². The van der Waals surface area contributed by atoms with Gasteiger partial charge in [0.15, 0.2) is 11.5 Å². The Bertz CT molecular complexity index is 1290. The fourth-order valence-electron chi connectivity index (χ4n) is 3.51. The van der Waals surface area contributed by atoms with Gasteiger partial charge in [-0.25, -0.2) is 4.98 Å². The van der Waals surface area contributed by atoms with Crippen LogP contribution in [0.4, 0.5) is 0 Å². The monoisotopic (exact) mass is 464 g/mol. The lowest BCUT2D eigenvalue weighted by Crippen LogP contribution is -1.94. The highest BCUT2D eigenvalue weighted by atomic mass is 35.5. The van der Waals surface area contributed by atoms with Gasteiger partial charge in [0, 0.05) is 23.3 Å². The zero-order chi connectivity index (χ0) is 22.7. The Labute approximate surface area is 197 Å². The minimum Gasteiger partial charge on any atom is -0.504 e. The third-order valence-corrected chi connectivity index (χ3v) is 5.73. The van der Waals surface area contributed by atoms with Gasteiger partial charge in [-0.15, -0.1) is 0 Å². The van der Waals surface area contributed by atoms with Crippen LogP contribution < -0.4 is 4.74 Å². The summed E-state index contributed by atoms with van der Waals surface area (Å²) in [6, 6.07) is 18.9. The molecule has 1 heterocycles. The highest BCUT2D eigenvalue weighted by molar-refractivity contribution is 6.36. The van der Waals surface area contributed by atoms with E-state index < -0.39 is 0 Å². The maximum atomic E-state index is 10.1. The first-order valence-electron chi connectivity index (χ1n) is 10.2. The van der Waals surface area contributed by atoms with E-state index in [0.29, 0.717) is 15.8 Å². The second-order valence-electron chi connectivity index (χ2n) is 7.24. The van der Waals surface area contributed by atoms with Crippen molar-refractivity contribution in [3.8, 4) is 33.9 Å². The third-order valence-electron chi connectivity index (χ3n) is 5.18. The minimum atomic E-state index is 0.115. The highest BCUT2D eigenvalue weighted by Gasteiger charge is 2.11. The lowest BCUT2D eigenvalue weighted by Gasteiger charge is -2.07. The molecular weight excluding hydrogens is 443 g/mol. The molecule has 0 fully saturated rings. The number of nitrogens with zero attached hydrogens (tertiary/aromatic N) is 2. The zero-order valence-electron chi connectivity index (χ0n) is 17.7. The van der Waals surface area contributed by atoms with E-state index in [1.54, 1.807) is 18.2 Å². The summed E-state index contributed by atoms with van der Waals surface area (Å²) in [6.45, 7) is 2.85. The van der Waals surface area contributed by atoms with Crippen molar-refractivity contribution < 1.29 is 9.84 Å². The number of imidazole rings is 1. The van der Waals surface area contributed by atoms with Crippen molar-refractivity contribution in [2.75, 3.05) is 7.11 Å². The van der Waals surface area contributed by atoms with Gasteiger partial charge >= 0.3 is 0 Å². The largest absolute Gasteiger partial charge is 0.504 e. The molecule has 4 aromatic rings. The number of phenolic OH excluding ortho intramolecular Hbond substituents is 1. The Morgan fingerprint density at radius 3 is 2.53 bits per heavy atom. The molecule has 162 valence electrons. The Morgan fingerprint density at radius 2 is 1.81 bits per heavy atom. The topological polar surface area (TPSA) is 47.3 Å². The van der Waals surface area contributed by atoms with Crippen LogP contribution in [0.3, 0.4) is 0 Å². The molecule has 6 heteroatoms. The molecule has 1 aromatic heterocycles. The molecule has 0 unspecified atom stereocenters. The molecule has 4 nitrogen and oxygen atoms in total. The molecule has 0 aliphatic heterocycles. The number of hydrogen-bond acceptors (Lipinski definition) is 3. The molecule has 0 aliphatic carbocycles. The molecule has 0 saturated heterocycles. The number of aromatic hydroxyl groups is 1. The van der Waals surface area contributed by atoms with Gasteiger partial charge in [-0.05, 0) is 66.1 Å². The molecule has 1 N–H and O–H groups in total. The number of ether oxygens (including phenoxy) is 1. The van der Waals surface area contributed by atoms with Crippen molar-refractivity contribution in [1.82, 2.24) is 9.55 Å². The van der Waals surface area contributed by atoms with Crippen LogP contribution in [0.15, 0.2) is 66.9 Å². The van der Waals surface area contributed by atoms with Gasteiger partial charge in [-0.3, -0.25) is 0 Å². The van der Waals surface area contributed by atoms with Crippen LogP contribution in [0, 0.1) is 0 Å². The number of methoxy groups -OCH3 is 1. The molecule has 0 saturated carbocycles. The molecule has 0 atom stereocenters. The van der Waals surface area contributed by atoms with Crippen molar-refractivity contribution in [3.05, 3.63) is 88.3 Å². The minimum absolute atomic E-state index is 0.115. The Kier molecular flexibility index (Phi) is 6.54. The maximum absolute atomic E-state index is 10.1. The van der Waals surface area contributed by atoms with E-state index in [1.807, 2.05) is 54.7 Å². The van der Waals surface area contributed by atoms with Crippen LogP contribution in [0.1, 0.15) is 18.3 Å². The van der Waals surface area contributed by atoms with E-state index in [1.165, 1.54) is 7.11 Å². The van der Waals surface area contributed by atoms with E-state index in [2.05, 4.69) is 17.6 Å². The molecule has 0 spiro atoms. The summed E-state index contributed by atoms with van der Waals surface area (Å²) < 4.78 is 7.20. The molecule has 0 radical (unpaired) electrons. The van der Waals surface area contributed by atoms with Crippen LogP contribution in [-0.2, 0) is 6.54 Å². The fourth-order valence-corrected chi connectivity index (χ4v) is 4.01. The number of rotatable bonds is 6. The first-order valence-corrected chi connectivity index (χ1v) is 10.9. The van der Waals surface area contributed by atoms with E-state index in [0.717, 1.165) is 40.3 Å². The Hall–Kier alpha value is -3.21. The van der Waals surface area contributed by atoms with Crippen LogP contribution in [0.2, 0.25) is 10.0 Å². The molecule has 0 amide bonds. The van der Waals surface area contributed by atoms with Gasteiger partial charge in [0.1, 0.15) is 5.82 Å². The molecule has 0 bridgehead atoms. The van der Waals surface area contributed by atoms with Crippen LogP contribution in [0.5, 0.6) is 11.5 Å². The number of phenols is 1. The van der Waals surface area contributed by atoms with Crippen LogP contribution in [-0.4, -0.2) is 21.8 Å². The smallest absolute Gasteiger partial charge is 0.160 e.